The number of aromatic amines is 1. The first-order valence-electron chi connectivity index (χ1n) is 6.04. The third-order valence-corrected chi connectivity index (χ3v) is 3.40. The number of rotatable bonds is 1. The minimum Gasteiger partial charge on any atom is -0.354 e. The summed E-state index contributed by atoms with van der Waals surface area (Å²) in [4.78, 5) is 15.5. The number of hydrogen-bond donors (Lipinski definition) is 1. The highest BCUT2D eigenvalue weighted by Crippen LogP contribution is 2.23. The topological polar surface area (TPSA) is 32.9 Å². The molecule has 0 radical (unpaired) electrons. The molecule has 1 N–H and O–H groups in total. The van der Waals surface area contributed by atoms with Gasteiger partial charge in [0.15, 0.2) is 5.43 Å². The third kappa shape index (κ3) is 2.15. The van der Waals surface area contributed by atoms with Crippen LogP contribution in [0, 0.1) is 6.92 Å². The van der Waals surface area contributed by atoms with Gasteiger partial charge in [-0.1, -0.05) is 41.9 Å². The number of nitrogens with one attached hydrogen (secondary N) is 1. The molecule has 94 valence electrons. The van der Waals surface area contributed by atoms with Crippen molar-refractivity contribution in [2.45, 2.75) is 6.92 Å². The van der Waals surface area contributed by atoms with Gasteiger partial charge in [-0.05, 0) is 30.2 Å². The molecule has 0 aliphatic rings. The van der Waals surface area contributed by atoms with Crippen molar-refractivity contribution in [2.24, 2.45) is 0 Å². The summed E-state index contributed by atoms with van der Waals surface area (Å²) in [6.07, 6.45) is 0. The van der Waals surface area contributed by atoms with E-state index in [1.807, 2.05) is 43.3 Å². The van der Waals surface area contributed by atoms with E-state index in [-0.39, 0.29) is 5.43 Å². The summed E-state index contributed by atoms with van der Waals surface area (Å²) in [7, 11) is 0. The van der Waals surface area contributed by atoms with E-state index in [4.69, 9.17) is 11.6 Å². The second-order valence-corrected chi connectivity index (χ2v) is 4.99. The van der Waals surface area contributed by atoms with Gasteiger partial charge in [0.1, 0.15) is 0 Å². The lowest BCUT2D eigenvalue weighted by molar-refractivity contribution is 1.34. The van der Waals surface area contributed by atoms with Gasteiger partial charge < -0.3 is 4.98 Å². The fourth-order valence-electron chi connectivity index (χ4n) is 2.26. The highest BCUT2D eigenvalue weighted by molar-refractivity contribution is 6.31. The molecule has 19 heavy (non-hydrogen) atoms. The molecule has 2 nitrogen and oxygen atoms in total. The molecule has 0 spiro atoms. The van der Waals surface area contributed by atoms with Crippen LogP contribution in [0.4, 0.5) is 0 Å². The molecule has 0 fully saturated rings. The zero-order chi connectivity index (χ0) is 13.4. The molecule has 3 heteroatoms. The monoisotopic (exact) mass is 269 g/mol. The predicted molar refractivity (Wildman–Crippen MR) is 79.8 cm³/mol. The standard InChI is InChI=1S/C16H12ClNO/c1-10-7-12(17)8-13-15(19)9-14(18-16(10)13)11-5-3-2-4-6-11/h2-9H,1H3,(H,18,19). The molecule has 0 aliphatic heterocycles. The van der Waals surface area contributed by atoms with Crippen molar-refractivity contribution in [3.63, 3.8) is 0 Å². The van der Waals surface area contributed by atoms with Crippen molar-refractivity contribution >= 4 is 22.5 Å². The Labute approximate surface area is 115 Å². The maximum absolute atomic E-state index is 12.2. The Morgan fingerprint density at radius 2 is 1.79 bits per heavy atom. The van der Waals surface area contributed by atoms with Crippen LogP contribution >= 0.6 is 11.6 Å². The van der Waals surface area contributed by atoms with E-state index >= 15 is 0 Å². The largest absolute Gasteiger partial charge is 0.354 e. The lowest BCUT2D eigenvalue weighted by Gasteiger charge is -2.07. The van der Waals surface area contributed by atoms with Gasteiger partial charge in [0.25, 0.3) is 0 Å². The number of halogens is 1. The molecule has 2 aromatic carbocycles. The van der Waals surface area contributed by atoms with Crippen molar-refractivity contribution in [3.05, 3.63) is 69.3 Å². The summed E-state index contributed by atoms with van der Waals surface area (Å²) in [5.41, 5.74) is 3.62. The van der Waals surface area contributed by atoms with Crippen molar-refractivity contribution in [1.29, 1.82) is 0 Å². The van der Waals surface area contributed by atoms with Crippen LogP contribution in [0.1, 0.15) is 5.56 Å². The number of fused-ring (bicyclic) bond motifs is 1. The quantitative estimate of drug-likeness (QED) is 0.707. The Balaban J connectivity index is 2.34. The van der Waals surface area contributed by atoms with Gasteiger partial charge in [-0.15, -0.1) is 0 Å². The molecule has 3 aromatic rings. The summed E-state index contributed by atoms with van der Waals surface area (Å²) < 4.78 is 0. The van der Waals surface area contributed by atoms with Crippen LogP contribution in [0.5, 0.6) is 0 Å². The lowest BCUT2D eigenvalue weighted by Crippen LogP contribution is -2.04. The maximum Gasteiger partial charge on any atom is 0.190 e. The second kappa shape index (κ2) is 4.56. The summed E-state index contributed by atoms with van der Waals surface area (Å²) in [6.45, 7) is 1.94. The minimum absolute atomic E-state index is 0.0156. The van der Waals surface area contributed by atoms with Crippen LogP contribution in [0.3, 0.4) is 0 Å². The Bertz CT molecular complexity index is 806. The van der Waals surface area contributed by atoms with Gasteiger partial charge in [0.05, 0.1) is 5.52 Å². The lowest BCUT2D eigenvalue weighted by atomic mass is 10.1. The molecule has 3 rings (SSSR count). The third-order valence-electron chi connectivity index (χ3n) is 3.19. The van der Waals surface area contributed by atoms with Gasteiger partial charge in [-0.25, -0.2) is 0 Å². The number of aromatic nitrogens is 1. The first kappa shape index (κ1) is 12.0. The summed E-state index contributed by atoms with van der Waals surface area (Å²) in [6, 6.07) is 15.0. The fraction of sp³-hybridized carbons (Fsp3) is 0.0625. The van der Waals surface area contributed by atoms with E-state index < -0.39 is 0 Å². The molecule has 0 aliphatic carbocycles. The van der Waals surface area contributed by atoms with Crippen molar-refractivity contribution < 1.29 is 0 Å². The predicted octanol–water partition coefficient (Wildman–Crippen LogP) is 4.16. The number of hydrogen-bond acceptors (Lipinski definition) is 1. The van der Waals surface area contributed by atoms with Gasteiger partial charge >= 0.3 is 0 Å². The molecule has 0 unspecified atom stereocenters. The van der Waals surface area contributed by atoms with Gasteiger partial charge in [0, 0.05) is 22.2 Å². The number of H-pyrrole nitrogens is 1. The van der Waals surface area contributed by atoms with E-state index in [0.717, 1.165) is 22.3 Å². The smallest absolute Gasteiger partial charge is 0.190 e. The highest BCUT2D eigenvalue weighted by Gasteiger charge is 2.07. The molecule has 0 atom stereocenters. The first-order valence-corrected chi connectivity index (χ1v) is 6.41. The number of pyridine rings is 1. The Hall–Kier alpha value is -2.06. The molecule has 0 bridgehead atoms. The SMILES string of the molecule is Cc1cc(Cl)cc2c(=O)cc(-c3ccccc3)[nH]c12. The van der Waals surface area contributed by atoms with Crippen LogP contribution in [-0.2, 0) is 0 Å². The van der Waals surface area contributed by atoms with Crippen LogP contribution in [0.15, 0.2) is 53.3 Å². The van der Waals surface area contributed by atoms with Crippen LogP contribution in [0.25, 0.3) is 22.2 Å². The molecule has 1 aromatic heterocycles. The summed E-state index contributed by atoms with van der Waals surface area (Å²) in [5.74, 6) is 0. The van der Waals surface area contributed by atoms with E-state index in [1.54, 1.807) is 12.1 Å². The molecule has 0 saturated carbocycles. The molecule has 0 saturated heterocycles. The minimum atomic E-state index is -0.0156. The van der Waals surface area contributed by atoms with Gasteiger partial charge in [-0.2, -0.15) is 0 Å². The summed E-state index contributed by atoms with van der Waals surface area (Å²) >= 11 is 6.00. The average Bonchev–Trinajstić information content (AvgIpc) is 2.41. The van der Waals surface area contributed by atoms with E-state index in [1.165, 1.54) is 0 Å². The highest BCUT2D eigenvalue weighted by atomic mass is 35.5. The van der Waals surface area contributed by atoms with Gasteiger partial charge in [0.2, 0.25) is 0 Å². The van der Waals surface area contributed by atoms with E-state index in [0.29, 0.717) is 10.4 Å². The zero-order valence-corrected chi connectivity index (χ0v) is 11.2. The van der Waals surface area contributed by atoms with Crippen LogP contribution in [0.2, 0.25) is 5.02 Å². The average molecular weight is 270 g/mol. The van der Waals surface area contributed by atoms with Gasteiger partial charge in [-0.3, -0.25) is 4.79 Å². The molecular formula is C16H12ClNO. The Kier molecular flexibility index (Phi) is 2.88. The first-order chi connectivity index (χ1) is 9.15. The number of benzene rings is 2. The maximum atomic E-state index is 12.2. The molecule has 0 amide bonds. The second-order valence-electron chi connectivity index (χ2n) is 4.56. The van der Waals surface area contributed by atoms with Crippen molar-refractivity contribution in [2.75, 3.05) is 0 Å². The van der Waals surface area contributed by atoms with Crippen molar-refractivity contribution in [3.8, 4) is 11.3 Å². The number of aryl methyl sites for hydroxylation is 1. The molecule has 1 heterocycles. The van der Waals surface area contributed by atoms with E-state index in [9.17, 15) is 4.79 Å². The fourth-order valence-corrected chi connectivity index (χ4v) is 2.53. The van der Waals surface area contributed by atoms with Crippen LogP contribution in [-0.4, -0.2) is 4.98 Å². The summed E-state index contributed by atoms with van der Waals surface area (Å²) in [5, 5.41) is 1.22. The zero-order valence-electron chi connectivity index (χ0n) is 10.4. The van der Waals surface area contributed by atoms with Crippen molar-refractivity contribution in [1.82, 2.24) is 4.98 Å². The van der Waals surface area contributed by atoms with E-state index in [2.05, 4.69) is 4.98 Å². The normalized spacial score (nSPS) is 10.8. The Morgan fingerprint density at radius 3 is 2.53 bits per heavy atom. The Morgan fingerprint density at radius 1 is 1.05 bits per heavy atom. The van der Waals surface area contributed by atoms with Crippen LogP contribution < -0.4 is 5.43 Å². The molecular weight excluding hydrogens is 258 g/mol.